The van der Waals surface area contributed by atoms with Crippen LogP contribution in [-0.2, 0) is 26.5 Å². The van der Waals surface area contributed by atoms with Gasteiger partial charge in [-0.15, -0.1) is 6.42 Å². The van der Waals surface area contributed by atoms with Crippen molar-refractivity contribution in [2.75, 3.05) is 0 Å². The first-order valence-electron chi connectivity index (χ1n) is 12.3. The van der Waals surface area contributed by atoms with Crippen molar-refractivity contribution < 1.29 is 53.6 Å². The zero-order valence-corrected chi connectivity index (χ0v) is 24.4. The van der Waals surface area contributed by atoms with E-state index in [2.05, 4.69) is 6.65 Å². The first kappa shape index (κ1) is 37.4. The molecular weight excluding hydrogens is 626 g/mol. The molecule has 1 radical (unpaired) electrons. The zero-order chi connectivity index (χ0) is 30.9. The van der Waals surface area contributed by atoms with Gasteiger partial charge in [0.15, 0.2) is 5.30 Å². The van der Waals surface area contributed by atoms with E-state index in [0.717, 1.165) is 5.56 Å². The van der Waals surface area contributed by atoms with Crippen molar-refractivity contribution >= 4 is 30.1 Å². The molecule has 0 heterocycles. The summed E-state index contributed by atoms with van der Waals surface area (Å²) in [7, 11) is -2.39. The number of hydrogen-bond donors (Lipinski definition) is 1. The van der Waals surface area contributed by atoms with E-state index >= 15 is 0 Å². The molecule has 0 saturated heterocycles. The monoisotopic (exact) mass is 651 g/mol. The van der Waals surface area contributed by atoms with E-state index in [4.69, 9.17) is 4.65 Å². The molecule has 4 aromatic rings. The van der Waals surface area contributed by atoms with Gasteiger partial charge in [-0.1, -0.05) is 91.0 Å². The Morgan fingerprint density at radius 1 is 0.651 bits per heavy atom. The minimum absolute atomic E-state index is 0. The fourth-order valence-electron chi connectivity index (χ4n) is 3.68. The van der Waals surface area contributed by atoms with Gasteiger partial charge in [0.2, 0.25) is 29.1 Å². The van der Waals surface area contributed by atoms with Crippen molar-refractivity contribution in [1.82, 2.24) is 0 Å². The largest absolute Gasteiger partial charge is 0.0767 e. The van der Waals surface area contributed by atoms with Gasteiger partial charge >= 0.3 is 11.3 Å². The number of aliphatic hydroxyl groups excluding tert-OH is 1. The summed E-state index contributed by atoms with van der Waals surface area (Å²) >= 11 is 0. The van der Waals surface area contributed by atoms with E-state index in [1.807, 2.05) is 48.9 Å². The fourth-order valence-corrected chi connectivity index (χ4v) is 6.30. The predicted molar refractivity (Wildman–Crippen MR) is 155 cm³/mol. The third-order valence-electron chi connectivity index (χ3n) is 5.60. The van der Waals surface area contributed by atoms with Gasteiger partial charge in [0.05, 0.1) is 6.10 Å². The molecule has 1 aliphatic rings. The van der Waals surface area contributed by atoms with Crippen LogP contribution >= 0.6 is 7.92 Å². The summed E-state index contributed by atoms with van der Waals surface area (Å²) in [5.74, 6) is -9.52. The molecule has 3 nitrogen and oxygen atoms in total. The van der Waals surface area contributed by atoms with Crippen molar-refractivity contribution in [1.29, 1.82) is 0 Å². The summed E-state index contributed by atoms with van der Waals surface area (Å²) in [6.07, 6.45) is 11.0. The molecule has 0 bridgehead atoms. The Labute approximate surface area is 258 Å². The molecule has 5 rings (SSSR count). The summed E-state index contributed by atoms with van der Waals surface area (Å²) in [6, 6.07) is 25.6. The van der Waals surface area contributed by atoms with E-state index in [0.29, 0.717) is 10.6 Å². The number of aliphatic hydroxyl groups is 1. The van der Waals surface area contributed by atoms with E-state index in [1.165, 1.54) is 0 Å². The molecule has 0 fully saturated rings. The Bertz CT molecular complexity index is 1410. The Balaban J connectivity index is 0.000000402. The van der Waals surface area contributed by atoms with Crippen LogP contribution in [0, 0.1) is 42.2 Å². The minimum Gasteiger partial charge on any atom is -0.0767 e. The van der Waals surface area contributed by atoms with Gasteiger partial charge in [-0.2, -0.15) is 8.78 Å². The van der Waals surface area contributed by atoms with Gasteiger partial charge in [-0.25, -0.2) is 13.2 Å². The van der Waals surface area contributed by atoms with Crippen molar-refractivity contribution in [3.05, 3.63) is 163 Å². The molecule has 0 amide bonds. The van der Waals surface area contributed by atoms with Gasteiger partial charge in [0, 0.05) is 23.5 Å². The summed E-state index contributed by atoms with van der Waals surface area (Å²) in [6.45, 7) is 4.50. The molecule has 1 atom stereocenters. The normalized spacial score (nSPS) is 11.5. The molecular formula is C33H25F5FeO3P. The Morgan fingerprint density at radius 2 is 1.02 bits per heavy atom. The van der Waals surface area contributed by atoms with Crippen LogP contribution in [0.3, 0.4) is 0 Å². The van der Waals surface area contributed by atoms with Gasteiger partial charge in [-0.05, 0) is 29.8 Å². The maximum Gasteiger partial charge on any atom is 0.00506 e. The summed E-state index contributed by atoms with van der Waals surface area (Å²) in [5, 5.41) is 9.55. The molecule has 4 aromatic carbocycles. The van der Waals surface area contributed by atoms with Crippen molar-refractivity contribution in [2.24, 2.45) is 0 Å². The first-order valence-corrected chi connectivity index (χ1v) is 13.8. The quantitative estimate of drug-likeness (QED) is 0.0502. The van der Waals surface area contributed by atoms with Crippen molar-refractivity contribution in [3.8, 4) is 0 Å². The van der Waals surface area contributed by atoms with Gasteiger partial charge in [0.25, 0.3) is 0 Å². The standard InChI is InChI=1S/C18H10F5P.C9H9O2.C5H5.CO.Fe/c19-13-14(20)16(22)18(17(23)15(13)21)24(11-7-3-1-4-8-11)12-9-5-2-6-10-12;10-7-6-9(11)8-4-2-1-3-5-8;1-2-4-5-3-1;1-2;/h1-10H;1-5,9,11H,6H2;1-5H;;/q;-1;;;/p+1/t;9-;;;/m.1.../s1. The van der Waals surface area contributed by atoms with E-state index < -0.39 is 48.4 Å². The SMILES string of the molecule is Fc1c(F)c(F)c([PH+](c2ccccc2)c2ccccc2)c(F)c1F.O=[C-]C[C@@H](O)c1ccccc1.[C-]#[O+].[CH]1C=CC=C1.[Fe]. The van der Waals surface area contributed by atoms with Crippen LogP contribution < -0.4 is 15.9 Å². The van der Waals surface area contributed by atoms with E-state index in [1.54, 1.807) is 79.1 Å². The second-order valence-electron chi connectivity index (χ2n) is 8.29. The van der Waals surface area contributed by atoms with Crippen LogP contribution in [-0.4, -0.2) is 11.4 Å². The van der Waals surface area contributed by atoms with Crippen LogP contribution in [0.1, 0.15) is 18.1 Å². The third kappa shape index (κ3) is 10.8. The van der Waals surface area contributed by atoms with Crippen LogP contribution in [0.5, 0.6) is 0 Å². The molecule has 0 aromatic heterocycles. The van der Waals surface area contributed by atoms with E-state index in [9.17, 15) is 31.9 Å². The van der Waals surface area contributed by atoms with Crippen LogP contribution in [0.25, 0.3) is 0 Å². The number of halogens is 5. The van der Waals surface area contributed by atoms with Crippen molar-refractivity contribution in [2.45, 2.75) is 12.5 Å². The minimum atomic E-state index is -2.39. The maximum absolute atomic E-state index is 14.3. The topological polar surface area (TPSA) is 57.2 Å². The first-order chi connectivity index (χ1) is 20.4. The second kappa shape index (κ2) is 20.3. The molecule has 1 N–H and O–H groups in total. The molecule has 0 saturated carbocycles. The van der Waals surface area contributed by atoms with Crippen LogP contribution in [0.15, 0.2) is 115 Å². The summed E-state index contributed by atoms with van der Waals surface area (Å²) < 4.78 is 76.8. The Kier molecular flexibility index (Phi) is 17.6. The van der Waals surface area contributed by atoms with Gasteiger partial charge in [-0.3, -0.25) is 6.29 Å². The van der Waals surface area contributed by atoms with E-state index in [-0.39, 0.29) is 23.5 Å². The molecule has 223 valence electrons. The molecule has 0 aliphatic heterocycles. The van der Waals surface area contributed by atoms with Crippen molar-refractivity contribution in [3.63, 3.8) is 0 Å². The van der Waals surface area contributed by atoms with Gasteiger partial charge in [0.1, 0.15) is 18.5 Å². The molecule has 0 unspecified atom stereocenters. The van der Waals surface area contributed by atoms with Crippen LogP contribution in [0.4, 0.5) is 22.0 Å². The maximum atomic E-state index is 14.3. The molecule has 10 heteroatoms. The molecule has 1 aliphatic carbocycles. The molecule has 43 heavy (non-hydrogen) atoms. The third-order valence-corrected chi connectivity index (χ3v) is 8.36. The predicted octanol–water partition coefficient (Wildman–Crippen LogP) is 6.37. The molecule has 0 spiro atoms. The van der Waals surface area contributed by atoms with Crippen LogP contribution in [0.2, 0.25) is 0 Å². The number of benzene rings is 4. The number of carbonyl (C=O) groups excluding carboxylic acids is 1. The average molecular weight is 651 g/mol. The van der Waals surface area contributed by atoms with Gasteiger partial charge < -0.3 is 9.90 Å². The summed E-state index contributed by atoms with van der Waals surface area (Å²) in [5.41, 5.74) is 0.760. The zero-order valence-electron chi connectivity index (χ0n) is 22.3. The smallest absolute Gasteiger partial charge is 0.00506 e. The average Bonchev–Trinajstić information content (AvgIpc) is 3.65. The fraction of sp³-hybridized carbons (Fsp3) is 0.0606. The Hall–Kier alpha value is -3.67. The summed E-state index contributed by atoms with van der Waals surface area (Å²) in [4.78, 5) is 9.90. The Morgan fingerprint density at radius 3 is 1.37 bits per heavy atom. The second-order valence-corrected chi connectivity index (χ2v) is 10.7. The number of hydrogen-bond acceptors (Lipinski definition) is 2. The number of allylic oxidation sites excluding steroid dienone is 4. The number of rotatable bonds is 6.